The van der Waals surface area contributed by atoms with Crippen molar-refractivity contribution < 1.29 is 13.2 Å². The first-order valence-corrected chi connectivity index (χ1v) is 10.5. The van der Waals surface area contributed by atoms with Gasteiger partial charge in [-0.05, 0) is 47.5 Å². The highest BCUT2D eigenvalue weighted by molar-refractivity contribution is 7.88. The highest BCUT2D eigenvalue weighted by Gasteiger charge is 2.23. The van der Waals surface area contributed by atoms with Gasteiger partial charge >= 0.3 is 0 Å². The SMILES string of the molecule is CS(=O)(=O)N1CCc2ccc(NC(=O)CCc3cccs3)cc2C1. The van der Waals surface area contributed by atoms with Gasteiger partial charge in [0.05, 0.1) is 6.26 Å². The molecule has 0 unspecified atom stereocenters. The quantitative estimate of drug-likeness (QED) is 0.887. The monoisotopic (exact) mass is 364 g/mol. The summed E-state index contributed by atoms with van der Waals surface area (Å²) in [6, 6.07) is 9.75. The molecule has 1 N–H and O–H groups in total. The van der Waals surface area contributed by atoms with Crippen LogP contribution in [0.15, 0.2) is 35.7 Å². The van der Waals surface area contributed by atoms with Crippen LogP contribution in [-0.2, 0) is 34.2 Å². The molecule has 1 aliphatic heterocycles. The Morgan fingerprint density at radius 3 is 2.83 bits per heavy atom. The van der Waals surface area contributed by atoms with E-state index in [1.54, 1.807) is 11.3 Å². The number of hydrogen-bond donors (Lipinski definition) is 1. The molecule has 0 fully saturated rings. The first-order valence-electron chi connectivity index (χ1n) is 7.81. The van der Waals surface area contributed by atoms with E-state index in [-0.39, 0.29) is 5.91 Å². The van der Waals surface area contributed by atoms with Gasteiger partial charge < -0.3 is 5.32 Å². The number of benzene rings is 1. The molecular weight excluding hydrogens is 344 g/mol. The van der Waals surface area contributed by atoms with Gasteiger partial charge in [0.1, 0.15) is 0 Å². The van der Waals surface area contributed by atoms with Crippen molar-refractivity contribution in [2.75, 3.05) is 18.1 Å². The molecule has 1 aliphatic rings. The van der Waals surface area contributed by atoms with Crippen LogP contribution in [0.5, 0.6) is 0 Å². The second kappa shape index (κ2) is 7.04. The Bertz CT molecular complexity index is 830. The van der Waals surface area contributed by atoms with Crippen molar-refractivity contribution in [3.63, 3.8) is 0 Å². The number of nitrogens with zero attached hydrogens (tertiary/aromatic N) is 1. The van der Waals surface area contributed by atoms with E-state index in [1.165, 1.54) is 15.4 Å². The molecule has 1 aromatic carbocycles. The van der Waals surface area contributed by atoms with Crippen molar-refractivity contribution in [1.29, 1.82) is 0 Å². The molecule has 5 nitrogen and oxygen atoms in total. The van der Waals surface area contributed by atoms with Gasteiger partial charge in [0.2, 0.25) is 15.9 Å². The Hall–Kier alpha value is -1.70. The van der Waals surface area contributed by atoms with Gasteiger partial charge in [-0.1, -0.05) is 12.1 Å². The summed E-state index contributed by atoms with van der Waals surface area (Å²) in [5.41, 5.74) is 2.83. The molecule has 7 heteroatoms. The van der Waals surface area contributed by atoms with Crippen LogP contribution in [0.25, 0.3) is 0 Å². The summed E-state index contributed by atoms with van der Waals surface area (Å²) in [7, 11) is -3.19. The molecule has 1 amide bonds. The van der Waals surface area contributed by atoms with Crippen LogP contribution < -0.4 is 5.32 Å². The van der Waals surface area contributed by atoms with E-state index in [2.05, 4.69) is 5.32 Å². The highest BCUT2D eigenvalue weighted by atomic mass is 32.2. The number of rotatable bonds is 5. The smallest absolute Gasteiger partial charge is 0.224 e. The third-order valence-electron chi connectivity index (χ3n) is 4.11. The highest BCUT2D eigenvalue weighted by Crippen LogP contribution is 2.24. The number of anilines is 1. The summed E-state index contributed by atoms with van der Waals surface area (Å²) in [5.74, 6) is -0.0286. The van der Waals surface area contributed by atoms with Gasteiger partial charge in [0, 0.05) is 30.1 Å². The Balaban J connectivity index is 1.64. The Morgan fingerprint density at radius 2 is 2.12 bits per heavy atom. The van der Waals surface area contributed by atoms with Crippen molar-refractivity contribution in [2.45, 2.75) is 25.8 Å². The van der Waals surface area contributed by atoms with Crippen LogP contribution in [0, 0.1) is 0 Å². The number of aryl methyl sites for hydroxylation is 1. The molecule has 0 saturated carbocycles. The molecule has 2 heterocycles. The lowest BCUT2D eigenvalue weighted by Gasteiger charge is -2.27. The number of carbonyl (C=O) groups is 1. The van der Waals surface area contributed by atoms with E-state index in [0.717, 1.165) is 23.2 Å². The number of amides is 1. The van der Waals surface area contributed by atoms with Gasteiger partial charge in [0.15, 0.2) is 0 Å². The predicted molar refractivity (Wildman–Crippen MR) is 96.7 cm³/mol. The Morgan fingerprint density at radius 1 is 1.29 bits per heavy atom. The normalized spacial score (nSPS) is 15.0. The van der Waals surface area contributed by atoms with E-state index in [9.17, 15) is 13.2 Å². The van der Waals surface area contributed by atoms with Gasteiger partial charge in [-0.2, -0.15) is 4.31 Å². The standard InChI is InChI=1S/C17H20N2O3S2/c1-24(21,22)19-9-8-13-4-5-15(11-14(13)12-19)18-17(20)7-6-16-3-2-10-23-16/h2-5,10-11H,6-9,12H2,1H3,(H,18,20). The maximum Gasteiger partial charge on any atom is 0.224 e. The molecule has 0 radical (unpaired) electrons. The fraction of sp³-hybridized carbons (Fsp3) is 0.353. The molecule has 0 aliphatic carbocycles. The maximum absolute atomic E-state index is 12.1. The molecule has 0 bridgehead atoms. The van der Waals surface area contributed by atoms with Crippen molar-refractivity contribution >= 4 is 33.0 Å². The van der Waals surface area contributed by atoms with E-state index < -0.39 is 10.0 Å². The Labute approximate surface area is 146 Å². The van der Waals surface area contributed by atoms with Gasteiger partial charge in [-0.3, -0.25) is 4.79 Å². The predicted octanol–water partition coefficient (Wildman–Crippen LogP) is 2.64. The molecule has 0 atom stereocenters. The van der Waals surface area contributed by atoms with Crippen molar-refractivity contribution in [2.24, 2.45) is 0 Å². The van der Waals surface area contributed by atoms with Gasteiger partial charge in [-0.15, -0.1) is 11.3 Å². The summed E-state index contributed by atoms with van der Waals surface area (Å²) in [4.78, 5) is 13.3. The zero-order valence-corrected chi connectivity index (χ0v) is 15.1. The van der Waals surface area contributed by atoms with Crippen molar-refractivity contribution in [3.8, 4) is 0 Å². The summed E-state index contributed by atoms with van der Waals surface area (Å²) in [6.45, 7) is 0.880. The lowest BCUT2D eigenvalue weighted by atomic mass is 10.0. The fourth-order valence-electron chi connectivity index (χ4n) is 2.81. The van der Waals surface area contributed by atoms with Crippen LogP contribution >= 0.6 is 11.3 Å². The average molecular weight is 364 g/mol. The summed E-state index contributed by atoms with van der Waals surface area (Å²) in [6.07, 6.45) is 3.10. The minimum absolute atomic E-state index is 0.0286. The number of carbonyl (C=O) groups excluding carboxylic acids is 1. The average Bonchev–Trinajstić information content (AvgIpc) is 3.05. The zero-order valence-electron chi connectivity index (χ0n) is 13.5. The van der Waals surface area contributed by atoms with E-state index in [1.807, 2.05) is 35.7 Å². The van der Waals surface area contributed by atoms with Gasteiger partial charge in [-0.25, -0.2) is 8.42 Å². The molecule has 2 aromatic rings. The molecule has 128 valence electrons. The fourth-order valence-corrected chi connectivity index (χ4v) is 4.31. The molecule has 0 saturated heterocycles. The topological polar surface area (TPSA) is 66.5 Å². The first-order chi connectivity index (χ1) is 11.4. The molecule has 3 rings (SSSR count). The molecule has 1 aromatic heterocycles. The van der Waals surface area contributed by atoms with Crippen LogP contribution in [-0.4, -0.2) is 31.4 Å². The van der Waals surface area contributed by atoms with Crippen molar-refractivity contribution in [1.82, 2.24) is 4.31 Å². The second-order valence-electron chi connectivity index (χ2n) is 5.96. The number of sulfonamides is 1. The number of nitrogens with one attached hydrogen (secondary N) is 1. The second-order valence-corrected chi connectivity index (χ2v) is 8.97. The van der Waals surface area contributed by atoms with E-state index in [4.69, 9.17) is 0 Å². The maximum atomic E-state index is 12.1. The van der Waals surface area contributed by atoms with Gasteiger partial charge in [0.25, 0.3) is 0 Å². The van der Waals surface area contributed by atoms with E-state index >= 15 is 0 Å². The molecule has 0 spiro atoms. The van der Waals surface area contributed by atoms with Crippen LogP contribution in [0.3, 0.4) is 0 Å². The van der Waals surface area contributed by atoms with Crippen LogP contribution in [0.4, 0.5) is 5.69 Å². The molecule has 24 heavy (non-hydrogen) atoms. The number of fused-ring (bicyclic) bond motifs is 1. The van der Waals surface area contributed by atoms with E-state index in [0.29, 0.717) is 25.9 Å². The lowest BCUT2D eigenvalue weighted by Crippen LogP contribution is -2.35. The summed E-state index contributed by atoms with van der Waals surface area (Å²) in [5, 5.41) is 4.91. The third-order valence-corrected chi connectivity index (χ3v) is 6.30. The minimum atomic E-state index is -3.19. The summed E-state index contributed by atoms with van der Waals surface area (Å²) >= 11 is 1.65. The van der Waals surface area contributed by atoms with Crippen molar-refractivity contribution in [3.05, 3.63) is 51.7 Å². The number of hydrogen-bond acceptors (Lipinski definition) is 4. The van der Waals surface area contributed by atoms with Crippen LogP contribution in [0.1, 0.15) is 22.4 Å². The zero-order chi connectivity index (χ0) is 17.2. The minimum Gasteiger partial charge on any atom is -0.326 e. The number of thiophene rings is 1. The molecular formula is C17H20N2O3S2. The lowest BCUT2D eigenvalue weighted by molar-refractivity contribution is -0.116. The van der Waals surface area contributed by atoms with Crippen LogP contribution in [0.2, 0.25) is 0 Å². The first kappa shape index (κ1) is 17.1. The Kier molecular flexibility index (Phi) is 5.03. The third kappa shape index (κ3) is 4.23. The summed E-state index contributed by atoms with van der Waals surface area (Å²) < 4.78 is 24.9. The largest absolute Gasteiger partial charge is 0.326 e.